The van der Waals surface area contributed by atoms with Gasteiger partial charge in [0.2, 0.25) is 5.91 Å². The van der Waals surface area contributed by atoms with Crippen molar-refractivity contribution in [1.29, 1.82) is 0 Å². The molecular weight excluding hydrogens is 499 g/mol. The zero-order valence-electron chi connectivity index (χ0n) is 23.3. The zero-order valence-corrected chi connectivity index (χ0v) is 23.3. The lowest BCUT2D eigenvalue weighted by Crippen LogP contribution is -2.49. The largest absolute Gasteiger partial charge is 0.364 e. The summed E-state index contributed by atoms with van der Waals surface area (Å²) in [7, 11) is 3.47. The van der Waals surface area contributed by atoms with Crippen molar-refractivity contribution in [3.05, 3.63) is 41.3 Å². The number of anilines is 1. The maximum atomic E-state index is 16.1. The van der Waals surface area contributed by atoms with Crippen LogP contribution in [0.25, 0.3) is 11.0 Å². The quantitative estimate of drug-likeness (QED) is 0.439. The first-order valence-electron chi connectivity index (χ1n) is 14.2. The average molecular weight is 539 g/mol. The molecule has 2 N–H and O–H groups in total. The molecule has 0 unspecified atom stereocenters. The van der Waals surface area contributed by atoms with E-state index < -0.39 is 17.9 Å². The van der Waals surface area contributed by atoms with Crippen LogP contribution in [0.15, 0.2) is 22.9 Å². The van der Waals surface area contributed by atoms with E-state index in [0.717, 1.165) is 38.5 Å². The lowest BCUT2D eigenvalue weighted by molar-refractivity contribution is -0.130. The van der Waals surface area contributed by atoms with Crippen molar-refractivity contribution in [2.75, 3.05) is 25.5 Å². The highest BCUT2D eigenvalue weighted by atomic mass is 19.1. The second kappa shape index (κ2) is 11.4. The van der Waals surface area contributed by atoms with Gasteiger partial charge in [-0.2, -0.15) is 0 Å². The van der Waals surface area contributed by atoms with Gasteiger partial charge >= 0.3 is 0 Å². The van der Waals surface area contributed by atoms with Crippen LogP contribution in [0.1, 0.15) is 86.7 Å². The van der Waals surface area contributed by atoms with Gasteiger partial charge in [0.1, 0.15) is 29.2 Å². The number of aromatic nitrogens is 3. The number of likely N-dealkylation sites (N-methyl/N-ethyl adjacent to an activating group) is 1. The van der Waals surface area contributed by atoms with Crippen molar-refractivity contribution in [1.82, 2.24) is 25.3 Å². The van der Waals surface area contributed by atoms with Gasteiger partial charge in [-0.25, -0.2) is 9.37 Å². The number of nitrogens with one attached hydrogen (secondary N) is 2. The molecule has 1 aromatic carbocycles. The van der Waals surface area contributed by atoms with E-state index in [-0.39, 0.29) is 23.2 Å². The molecule has 39 heavy (non-hydrogen) atoms. The molecule has 1 saturated carbocycles. The van der Waals surface area contributed by atoms with Crippen LogP contribution in [0, 0.1) is 17.7 Å². The molecule has 0 bridgehead atoms. The van der Waals surface area contributed by atoms with Crippen LogP contribution in [0.5, 0.6) is 0 Å². The van der Waals surface area contributed by atoms with Crippen LogP contribution in [-0.2, 0) is 11.2 Å². The normalized spacial score (nSPS) is 22.6. The number of rotatable bonds is 7. The maximum Gasteiger partial charge on any atom is 0.257 e. The number of hydrogen-bond acceptors (Lipinski definition) is 6. The smallest absolute Gasteiger partial charge is 0.257 e. The SMILES string of the molecule is CCc1nocc1C(=O)N[C@H](c1nc2c(F)c(N3CCCC[C@H]3C(=O)N(C)C)ccc2[nH]1)C1CCC(C)CC1. The van der Waals surface area contributed by atoms with Crippen molar-refractivity contribution >= 4 is 28.5 Å². The number of carbonyl (C=O) groups excluding carboxylic acids is 2. The number of aromatic amines is 1. The summed E-state index contributed by atoms with van der Waals surface area (Å²) >= 11 is 0. The molecule has 2 amide bonds. The number of carbonyl (C=O) groups is 2. The van der Waals surface area contributed by atoms with Crippen LogP contribution in [-0.4, -0.2) is 58.5 Å². The zero-order chi connectivity index (χ0) is 27.7. The Labute approximate surface area is 228 Å². The van der Waals surface area contributed by atoms with Crippen LogP contribution in [0.2, 0.25) is 0 Å². The van der Waals surface area contributed by atoms with Gasteiger partial charge in [-0.1, -0.05) is 31.8 Å². The molecule has 1 saturated heterocycles. The standard InChI is InChI=1S/C29H39FN6O3/c1-5-20-19(16-39-34-20)28(37)33-25(18-11-9-17(2)10-12-18)27-31-21-13-14-22(24(30)26(21)32-27)36-15-7-6-8-23(36)29(38)35(3)4/h13-14,16-18,23,25H,5-12,15H2,1-4H3,(H,31,32)(H,33,37)/t17?,18?,23-,25-/m0/s1. The Balaban J connectivity index is 1.49. The van der Waals surface area contributed by atoms with Gasteiger partial charge in [-0.15, -0.1) is 0 Å². The number of benzene rings is 1. The third-order valence-corrected chi connectivity index (χ3v) is 8.47. The third kappa shape index (κ3) is 5.38. The van der Waals surface area contributed by atoms with E-state index in [0.29, 0.717) is 53.6 Å². The van der Waals surface area contributed by atoms with Crippen LogP contribution in [0.4, 0.5) is 10.1 Å². The number of halogens is 1. The second-order valence-electron chi connectivity index (χ2n) is 11.4. The summed E-state index contributed by atoms with van der Waals surface area (Å²) in [4.78, 5) is 37.7. The van der Waals surface area contributed by atoms with Gasteiger partial charge in [-0.3, -0.25) is 9.59 Å². The van der Waals surface area contributed by atoms with E-state index in [9.17, 15) is 9.59 Å². The van der Waals surface area contributed by atoms with Crippen LogP contribution >= 0.6 is 0 Å². The molecular formula is C29H39FN6O3. The van der Waals surface area contributed by atoms with E-state index in [2.05, 4.69) is 22.4 Å². The third-order valence-electron chi connectivity index (χ3n) is 8.47. The minimum absolute atomic E-state index is 0.0218. The molecule has 3 aromatic rings. The first-order valence-corrected chi connectivity index (χ1v) is 14.2. The first-order chi connectivity index (χ1) is 18.8. The van der Waals surface area contributed by atoms with Gasteiger partial charge in [0.25, 0.3) is 5.91 Å². The number of hydrogen-bond donors (Lipinski definition) is 2. The molecule has 1 aliphatic carbocycles. The Morgan fingerprint density at radius 1 is 1.21 bits per heavy atom. The van der Waals surface area contributed by atoms with E-state index >= 15 is 4.39 Å². The number of fused-ring (bicyclic) bond motifs is 1. The summed E-state index contributed by atoms with van der Waals surface area (Å²) in [6, 6.07) is 2.76. The monoisotopic (exact) mass is 538 g/mol. The number of piperidine rings is 1. The number of H-pyrrole nitrogens is 1. The van der Waals surface area contributed by atoms with Gasteiger partial charge in [0.05, 0.1) is 22.9 Å². The molecule has 3 heterocycles. The average Bonchev–Trinajstić information content (AvgIpc) is 3.60. The van der Waals surface area contributed by atoms with Gasteiger partial charge in [0, 0.05) is 20.6 Å². The summed E-state index contributed by atoms with van der Waals surface area (Å²) in [6.45, 7) is 4.79. The van der Waals surface area contributed by atoms with Gasteiger partial charge in [-0.05, 0) is 62.5 Å². The lowest BCUT2D eigenvalue weighted by atomic mass is 9.79. The summed E-state index contributed by atoms with van der Waals surface area (Å²) < 4.78 is 21.2. The first kappa shape index (κ1) is 27.1. The molecule has 0 spiro atoms. The molecule has 2 atom stereocenters. The predicted molar refractivity (Wildman–Crippen MR) is 147 cm³/mol. The van der Waals surface area contributed by atoms with E-state index in [1.807, 2.05) is 17.9 Å². The van der Waals surface area contributed by atoms with Crippen LogP contribution in [0.3, 0.4) is 0 Å². The van der Waals surface area contributed by atoms with Crippen molar-refractivity contribution in [2.24, 2.45) is 11.8 Å². The van der Waals surface area contributed by atoms with Crippen LogP contribution < -0.4 is 10.2 Å². The fraction of sp³-hybridized carbons (Fsp3) is 0.586. The molecule has 2 aliphatic rings. The van der Waals surface area contributed by atoms with E-state index in [1.54, 1.807) is 25.1 Å². The molecule has 9 nitrogen and oxygen atoms in total. The van der Waals surface area contributed by atoms with Crippen molar-refractivity contribution in [3.8, 4) is 0 Å². The Bertz CT molecular complexity index is 1330. The summed E-state index contributed by atoms with van der Waals surface area (Å²) in [6.07, 6.45) is 8.52. The van der Waals surface area contributed by atoms with E-state index in [4.69, 9.17) is 9.51 Å². The fourth-order valence-electron chi connectivity index (χ4n) is 6.14. The molecule has 0 radical (unpaired) electrons. The summed E-state index contributed by atoms with van der Waals surface area (Å²) in [5, 5.41) is 7.12. The molecule has 2 aromatic heterocycles. The Morgan fingerprint density at radius 2 is 1.97 bits per heavy atom. The summed E-state index contributed by atoms with van der Waals surface area (Å²) in [5.74, 6) is 0.622. The highest BCUT2D eigenvalue weighted by Gasteiger charge is 2.34. The Morgan fingerprint density at radius 3 is 2.69 bits per heavy atom. The van der Waals surface area contributed by atoms with Crippen molar-refractivity contribution in [2.45, 2.75) is 77.3 Å². The minimum Gasteiger partial charge on any atom is -0.364 e. The topological polar surface area (TPSA) is 107 Å². The van der Waals surface area contributed by atoms with Gasteiger partial charge < -0.3 is 24.6 Å². The highest BCUT2D eigenvalue weighted by molar-refractivity contribution is 5.95. The number of nitrogens with zero attached hydrogens (tertiary/aromatic N) is 4. The predicted octanol–water partition coefficient (Wildman–Crippen LogP) is 5.00. The minimum atomic E-state index is -0.442. The van der Waals surface area contributed by atoms with Crippen molar-refractivity contribution in [3.63, 3.8) is 0 Å². The maximum absolute atomic E-state index is 16.1. The molecule has 1 aliphatic heterocycles. The Kier molecular flexibility index (Phi) is 7.91. The number of aryl methyl sites for hydroxylation is 1. The highest BCUT2D eigenvalue weighted by Crippen LogP contribution is 2.38. The molecule has 2 fully saturated rings. The molecule has 5 rings (SSSR count). The summed E-state index contributed by atoms with van der Waals surface area (Å²) in [5.41, 5.74) is 2.21. The van der Waals surface area contributed by atoms with E-state index in [1.165, 1.54) is 6.26 Å². The molecule has 210 valence electrons. The number of imidazole rings is 1. The second-order valence-corrected chi connectivity index (χ2v) is 11.4. The lowest BCUT2D eigenvalue weighted by Gasteiger charge is -2.37. The number of amides is 2. The van der Waals surface area contributed by atoms with Crippen molar-refractivity contribution < 1.29 is 18.5 Å². The fourth-order valence-corrected chi connectivity index (χ4v) is 6.14. The molecule has 10 heteroatoms. The van der Waals surface area contributed by atoms with Gasteiger partial charge in [0.15, 0.2) is 5.82 Å². The Hall–Kier alpha value is -3.43.